The number of anilines is 1. The van der Waals surface area contributed by atoms with Gasteiger partial charge >= 0.3 is 11.7 Å². The molecule has 0 spiro atoms. The molecule has 30 heavy (non-hydrogen) atoms. The van der Waals surface area contributed by atoms with Crippen LogP contribution in [0.3, 0.4) is 0 Å². The first-order chi connectivity index (χ1) is 14.4. The minimum Gasteiger partial charge on any atom is -0.493 e. The van der Waals surface area contributed by atoms with Gasteiger partial charge < -0.3 is 33.6 Å². The highest BCUT2D eigenvalue weighted by Crippen LogP contribution is 2.40. The molecule has 1 aliphatic rings. The maximum atomic E-state index is 12.7. The van der Waals surface area contributed by atoms with Crippen molar-refractivity contribution in [3.63, 3.8) is 0 Å². The second-order valence-corrected chi connectivity index (χ2v) is 6.87. The van der Waals surface area contributed by atoms with Crippen molar-refractivity contribution in [1.29, 1.82) is 0 Å². The lowest BCUT2D eigenvalue weighted by Crippen LogP contribution is -2.43. The molecular weight excluding hydrogens is 392 g/mol. The molecule has 1 aliphatic heterocycles. The number of hydrogen-bond donors (Lipinski definition) is 1. The number of hydrogen-bond acceptors (Lipinski definition) is 7. The van der Waals surface area contributed by atoms with Gasteiger partial charge in [0.05, 0.1) is 33.1 Å². The van der Waals surface area contributed by atoms with Crippen molar-refractivity contribution in [3.05, 3.63) is 40.4 Å². The Labute approximate surface area is 174 Å². The summed E-state index contributed by atoms with van der Waals surface area (Å²) in [6.45, 7) is 2.76. The van der Waals surface area contributed by atoms with E-state index in [4.69, 9.17) is 23.4 Å². The number of likely N-dealkylation sites (tertiary alicyclic amines) is 1. The second-order valence-electron chi connectivity index (χ2n) is 6.87. The smallest absolute Gasteiger partial charge is 0.339 e. The molecule has 0 saturated carbocycles. The van der Waals surface area contributed by atoms with E-state index in [1.165, 1.54) is 27.4 Å². The van der Waals surface area contributed by atoms with Gasteiger partial charge in [0, 0.05) is 44.1 Å². The summed E-state index contributed by atoms with van der Waals surface area (Å²) < 4.78 is 26.8. The van der Waals surface area contributed by atoms with Gasteiger partial charge in [-0.25, -0.2) is 9.59 Å². The lowest BCUT2D eigenvalue weighted by molar-refractivity contribution is 0.115. The van der Waals surface area contributed by atoms with Gasteiger partial charge in [-0.05, 0) is 6.92 Å². The Morgan fingerprint density at radius 3 is 2.20 bits per heavy atom. The molecule has 2 heterocycles. The van der Waals surface area contributed by atoms with Gasteiger partial charge in [0.2, 0.25) is 5.75 Å². The van der Waals surface area contributed by atoms with Gasteiger partial charge in [-0.15, -0.1) is 0 Å². The van der Waals surface area contributed by atoms with Crippen LogP contribution < -0.4 is 29.9 Å². The molecule has 1 aromatic carbocycles. The Kier molecular flexibility index (Phi) is 6.71. The van der Waals surface area contributed by atoms with Crippen molar-refractivity contribution in [3.8, 4) is 23.0 Å². The maximum Gasteiger partial charge on any atom is 0.339 e. The molecule has 2 amide bonds. The van der Waals surface area contributed by atoms with Crippen LogP contribution in [0.25, 0.3) is 0 Å². The zero-order valence-electron chi connectivity index (χ0n) is 17.5. The highest BCUT2D eigenvalue weighted by molar-refractivity contribution is 5.90. The Bertz CT molecular complexity index is 924. The third-order valence-corrected chi connectivity index (χ3v) is 4.82. The van der Waals surface area contributed by atoms with Crippen LogP contribution in [0.5, 0.6) is 23.0 Å². The zero-order chi connectivity index (χ0) is 21.7. The fourth-order valence-electron chi connectivity index (χ4n) is 3.37. The van der Waals surface area contributed by atoms with E-state index in [2.05, 4.69) is 5.32 Å². The van der Waals surface area contributed by atoms with E-state index in [0.717, 1.165) is 0 Å². The first-order valence-corrected chi connectivity index (χ1v) is 9.58. The number of aryl methyl sites for hydroxylation is 1. The number of carbonyl (C=O) groups is 1. The van der Waals surface area contributed by atoms with Crippen molar-refractivity contribution in [2.45, 2.75) is 25.9 Å². The van der Waals surface area contributed by atoms with Gasteiger partial charge in [0.25, 0.3) is 0 Å². The molecule has 0 aliphatic carbocycles. The van der Waals surface area contributed by atoms with E-state index < -0.39 is 5.63 Å². The standard InChI is InChI=1S/C21H26N2O7/c1-13-9-16(12-19(24)29-13)30-15-5-7-23(8-6-15)21(25)22-14-10-17(26-2)20(28-4)18(11-14)27-3/h9-12,15H,5-8H2,1-4H3,(H,22,25). The lowest BCUT2D eigenvalue weighted by atomic mass is 10.1. The van der Waals surface area contributed by atoms with E-state index in [9.17, 15) is 9.59 Å². The first-order valence-electron chi connectivity index (χ1n) is 9.58. The minimum absolute atomic E-state index is 0.0728. The zero-order valence-corrected chi connectivity index (χ0v) is 17.5. The van der Waals surface area contributed by atoms with Gasteiger partial charge in [-0.3, -0.25) is 0 Å². The van der Waals surface area contributed by atoms with Gasteiger partial charge in [-0.1, -0.05) is 0 Å². The highest BCUT2D eigenvalue weighted by atomic mass is 16.5. The van der Waals surface area contributed by atoms with Crippen molar-refractivity contribution in [1.82, 2.24) is 4.90 Å². The molecule has 1 aromatic heterocycles. The van der Waals surface area contributed by atoms with Crippen molar-refractivity contribution < 1.29 is 28.2 Å². The highest BCUT2D eigenvalue weighted by Gasteiger charge is 2.25. The van der Waals surface area contributed by atoms with Crippen LogP contribution in [0.4, 0.5) is 10.5 Å². The average molecular weight is 418 g/mol. The van der Waals surface area contributed by atoms with E-state index in [-0.39, 0.29) is 12.1 Å². The maximum absolute atomic E-state index is 12.7. The summed E-state index contributed by atoms with van der Waals surface area (Å²) in [4.78, 5) is 25.9. The summed E-state index contributed by atoms with van der Waals surface area (Å²) in [5, 5.41) is 2.87. The van der Waals surface area contributed by atoms with Crippen LogP contribution in [0, 0.1) is 6.92 Å². The van der Waals surface area contributed by atoms with E-state index in [1.54, 1.807) is 30.0 Å². The number of benzene rings is 1. The minimum atomic E-state index is -0.438. The number of amides is 2. The molecular formula is C21H26N2O7. The fraction of sp³-hybridized carbons (Fsp3) is 0.429. The summed E-state index contributed by atoms with van der Waals surface area (Å²) in [5.41, 5.74) is 0.103. The lowest BCUT2D eigenvalue weighted by Gasteiger charge is -2.32. The summed E-state index contributed by atoms with van der Waals surface area (Å²) in [6, 6.07) is 6.15. The quantitative estimate of drug-likeness (QED) is 0.770. The molecule has 1 fully saturated rings. The number of rotatable bonds is 6. The van der Waals surface area contributed by atoms with Crippen LogP contribution in [0.1, 0.15) is 18.6 Å². The fourth-order valence-corrected chi connectivity index (χ4v) is 3.37. The molecule has 0 radical (unpaired) electrons. The third-order valence-electron chi connectivity index (χ3n) is 4.82. The van der Waals surface area contributed by atoms with Crippen LogP contribution in [-0.4, -0.2) is 51.5 Å². The number of urea groups is 1. The predicted octanol–water partition coefficient (Wildman–Crippen LogP) is 3.05. The van der Waals surface area contributed by atoms with Crippen molar-refractivity contribution in [2.75, 3.05) is 39.7 Å². The topological polar surface area (TPSA) is 99.5 Å². The Hall–Kier alpha value is -3.36. The average Bonchev–Trinajstić information content (AvgIpc) is 2.72. The SMILES string of the molecule is COc1cc(NC(=O)N2CCC(Oc3cc(C)oc(=O)c3)CC2)cc(OC)c1OC. The normalized spacial score (nSPS) is 14.2. The monoisotopic (exact) mass is 418 g/mol. The first kappa shape index (κ1) is 21.4. The van der Waals surface area contributed by atoms with Crippen LogP contribution in [0.15, 0.2) is 33.5 Å². The molecule has 0 atom stereocenters. The predicted molar refractivity (Wildman–Crippen MR) is 110 cm³/mol. The number of carbonyl (C=O) groups excluding carboxylic acids is 1. The van der Waals surface area contributed by atoms with Crippen molar-refractivity contribution in [2.24, 2.45) is 0 Å². The molecule has 3 rings (SSSR count). The van der Waals surface area contributed by atoms with Gasteiger partial charge in [0.1, 0.15) is 17.6 Å². The number of nitrogens with one attached hydrogen (secondary N) is 1. The summed E-state index contributed by atoms with van der Waals surface area (Å²) in [5.74, 6) is 2.37. The van der Waals surface area contributed by atoms with E-state index in [0.29, 0.717) is 60.4 Å². The Morgan fingerprint density at radius 2 is 1.67 bits per heavy atom. The number of nitrogens with zero attached hydrogens (tertiary/aromatic N) is 1. The number of piperidine rings is 1. The van der Waals surface area contributed by atoms with E-state index in [1.807, 2.05) is 0 Å². The third kappa shape index (κ3) is 4.97. The summed E-state index contributed by atoms with van der Waals surface area (Å²) in [7, 11) is 4.56. The Morgan fingerprint density at radius 1 is 1.03 bits per heavy atom. The van der Waals surface area contributed by atoms with Crippen LogP contribution >= 0.6 is 0 Å². The Balaban J connectivity index is 1.59. The summed E-state index contributed by atoms with van der Waals surface area (Å²) in [6.07, 6.45) is 1.24. The molecule has 1 N–H and O–H groups in total. The van der Waals surface area contributed by atoms with Gasteiger partial charge in [-0.2, -0.15) is 0 Å². The largest absolute Gasteiger partial charge is 0.493 e. The second kappa shape index (κ2) is 9.43. The van der Waals surface area contributed by atoms with Crippen LogP contribution in [-0.2, 0) is 0 Å². The number of ether oxygens (including phenoxy) is 4. The molecule has 9 nitrogen and oxygen atoms in total. The molecule has 162 valence electrons. The molecule has 2 aromatic rings. The molecule has 1 saturated heterocycles. The summed E-state index contributed by atoms with van der Waals surface area (Å²) >= 11 is 0. The molecule has 0 unspecified atom stereocenters. The van der Waals surface area contributed by atoms with Crippen molar-refractivity contribution >= 4 is 11.7 Å². The van der Waals surface area contributed by atoms with E-state index >= 15 is 0 Å². The number of methoxy groups -OCH3 is 3. The molecule has 0 bridgehead atoms. The van der Waals surface area contributed by atoms with Gasteiger partial charge in [0.15, 0.2) is 11.5 Å². The van der Waals surface area contributed by atoms with Crippen LogP contribution in [0.2, 0.25) is 0 Å². The molecule has 9 heteroatoms.